The summed E-state index contributed by atoms with van der Waals surface area (Å²) in [4.78, 5) is 72.9. The Balaban J connectivity index is 5.24. The van der Waals surface area contributed by atoms with Crippen molar-refractivity contribution in [2.45, 2.75) is 419 Å². The number of hydrogen-bond donors (Lipinski definition) is 3. The Hall–Kier alpha value is -1.94. The third-order valence-electron chi connectivity index (χ3n) is 18.3. The van der Waals surface area contributed by atoms with Gasteiger partial charge in [0.05, 0.1) is 26.4 Å². The molecule has 0 rings (SSSR count). The minimum atomic E-state index is -4.96. The molecule has 0 aromatic carbocycles. The second-order valence-corrected chi connectivity index (χ2v) is 31.4. The Kier molecular flexibility index (Phi) is 67.4. The van der Waals surface area contributed by atoms with Gasteiger partial charge in [-0.15, -0.1) is 0 Å². The van der Waals surface area contributed by atoms with Gasteiger partial charge in [0.2, 0.25) is 0 Å². The highest BCUT2D eigenvalue weighted by atomic mass is 31.2. The topological polar surface area (TPSA) is 237 Å². The van der Waals surface area contributed by atoms with E-state index in [1.165, 1.54) is 218 Å². The normalized spacial score (nSPS) is 14.3. The van der Waals surface area contributed by atoms with Crippen LogP contribution in [-0.2, 0) is 65.4 Å². The lowest BCUT2D eigenvalue weighted by molar-refractivity contribution is -0.161. The number of phosphoric ester groups is 2. The average Bonchev–Trinajstić information content (AvgIpc) is 1.17. The van der Waals surface area contributed by atoms with Gasteiger partial charge < -0.3 is 33.8 Å². The van der Waals surface area contributed by atoms with E-state index in [9.17, 15) is 43.2 Å². The van der Waals surface area contributed by atoms with Gasteiger partial charge in [0.1, 0.15) is 19.3 Å². The largest absolute Gasteiger partial charge is 0.472 e. The second kappa shape index (κ2) is 68.8. The van der Waals surface area contributed by atoms with Gasteiger partial charge in [0, 0.05) is 25.7 Å². The van der Waals surface area contributed by atoms with Crippen molar-refractivity contribution in [3.8, 4) is 0 Å². The fraction of sp³-hybridized carbons (Fsp3) is 0.948. The molecule has 0 heterocycles. The van der Waals surface area contributed by atoms with Crippen LogP contribution in [0.1, 0.15) is 401 Å². The van der Waals surface area contributed by atoms with Crippen LogP contribution >= 0.6 is 15.6 Å². The van der Waals surface area contributed by atoms with Crippen LogP contribution in [0, 0.1) is 11.8 Å². The zero-order valence-corrected chi connectivity index (χ0v) is 64.5. The molecule has 3 N–H and O–H groups in total. The van der Waals surface area contributed by atoms with Crippen molar-refractivity contribution in [3.05, 3.63) is 0 Å². The molecule has 0 aromatic rings. The molecule has 0 saturated heterocycles. The Morgan fingerprint density at radius 3 is 0.792 bits per heavy atom. The van der Waals surface area contributed by atoms with Gasteiger partial charge in [-0.2, -0.15) is 0 Å². The first kappa shape index (κ1) is 94.1. The van der Waals surface area contributed by atoms with E-state index >= 15 is 0 Å². The summed E-state index contributed by atoms with van der Waals surface area (Å²) in [7, 11) is -9.91. The molecule has 0 aliphatic rings. The lowest BCUT2D eigenvalue weighted by Gasteiger charge is -2.21. The van der Waals surface area contributed by atoms with E-state index in [2.05, 4.69) is 41.5 Å². The lowest BCUT2D eigenvalue weighted by Crippen LogP contribution is -2.30. The van der Waals surface area contributed by atoms with E-state index in [1.807, 2.05) is 0 Å². The molecule has 0 aliphatic carbocycles. The van der Waals surface area contributed by atoms with Crippen molar-refractivity contribution in [3.63, 3.8) is 0 Å². The van der Waals surface area contributed by atoms with Crippen LogP contribution in [0.4, 0.5) is 0 Å². The number of carbonyl (C=O) groups excluding carboxylic acids is 4. The number of esters is 4. The number of ether oxygens (including phenoxy) is 4. The van der Waals surface area contributed by atoms with Gasteiger partial charge in [0.25, 0.3) is 0 Å². The lowest BCUT2D eigenvalue weighted by atomic mass is 9.99. The summed E-state index contributed by atoms with van der Waals surface area (Å²) >= 11 is 0. The summed E-state index contributed by atoms with van der Waals surface area (Å²) in [5.74, 6) is -0.587. The zero-order chi connectivity index (χ0) is 70.7. The Morgan fingerprint density at radius 1 is 0.302 bits per heavy atom. The molecule has 6 atom stereocenters. The highest BCUT2D eigenvalue weighted by Crippen LogP contribution is 2.45. The van der Waals surface area contributed by atoms with Crippen molar-refractivity contribution >= 4 is 39.5 Å². The molecule has 0 bridgehead atoms. The maximum atomic E-state index is 13.1. The van der Waals surface area contributed by atoms with E-state index in [-0.39, 0.29) is 25.7 Å². The number of carbonyl (C=O) groups is 4. The monoisotopic (exact) mass is 1410 g/mol. The molecular formula is C77H150O17P2. The number of hydrogen-bond acceptors (Lipinski definition) is 15. The van der Waals surface area contributed by atoms with Crippen molar-refractivity contribution < 1.29 is 80.2 Å². The van der Waals surface area contributed by atoms with Gasteiger partial charge in [-0.05, 0) is 37.5 Å². The first-order chi connectivity index (χ1) is 46.4. The minimum Gasteiger partial charge on any atom is -0.462 e. The third kappa shape index (κ3) is 69.2. The predicted molar refractivity (Wildman–Crippen MR) is 391 cm³/mol. The molecule has 0 spiro atoms. The summed E-state index contributed by atoms with van der Waals surface area (Å²) in [6, 6.07) is 0. The van der Waals surface area contributed by atoms with Crippen LogP contribution in [0.2, 0.25) is 0 Å². The van der Waals surface area contributed by atoms with Gasteiger partial charge >= 0.3 is 39.5 Å². The van der Waals surface area contributed by atoms with Gasteiger partial charge in [-0.3, -0.25) is 37.3 Å². The number of rotatable bonds is 76. The van der Waals surface area contributed by atoms with Crippen LogP contribution in [0.15, 0.2) is 0 Å². The summed E-state index contributed by atoms with van der Waals surface area (Å²) in [6.45, 7) is 9.60. The summed E-state index contributed by atoms with van der Waals surface area (Å²) in [6.07, 6.45) is 56.8. The molecule has 0 aliphatic heterocycles. The van der Waals surface area contributed by atoms with E-state index in [0.717, 1.165) is 102 Å². The van der Waals surface area contributed by atoms with Crippen LogP contribution in [0.5, 0.6) is 0 Å². The quantitative estimate of drug-likeness (QED) is 0.0222. The smallest absolute Gasteiger partial charge is 0.462 e. The fourth-order valence-corrected chi connectivity index (χ4v) is 13.4. The summed E-state index contributed by atoms with van der Waals surface area (Å²) in [5, 5.41) is 10.6. The van der Waals surface area contributed by atoms with E-state index in [0.29, 0.717) is 25.7 Å². The van der Waals surface area contributed by atoms with Crippen molar-refractivity contribution in [1.82, 2.24) is 0 Å². The molecular weight excluding hydrogens is 1260 g/mol. The first-order valence-corrected chi connectivity index (χ1v) is 43.0. The van der Waals surface area contributed by atoms with Crippen LogP contribution < -0.4 is 0 Å². The van der Waals surface area contributed by atoms with E-state index in [4.69, 9.17) is 37.0 Å². The van der Waals surface area contributed by atoms with E-state index in [1.54, 1.807) is 0 Å². The minimum absolute atomic E-state index is 0.105. The van der Waals surface area contributed by atoms with Gasteiger partial charge in [-0.1, -0.05) is 350 Å². The van der Waals surface area contributed by atoms with Crippen molar-refractivity contribution in [1.29, 1.82) is 0 Å². The zero-order valence-electron chi connectivity index (χ0n) is 62.7. The van der Waals surface area contributed by atoms with Gasteiger partial charge in [-0.25, -0.2) is 9.13 Å². The SMILES string of the molecule is CCCCCCCCCCCCCCCCCCCCCC(=O)O[C@H](COC(=O)CCCCCCCCCCCCC(C)C)COP(=O)(O)OC[C@@H](O)COP(=O)(O)OC[C@@H](COC(=O)CCCCCCCCCCCCCC)OC(=O)CCCCCCCCCCC(C)CC. The first-order valence-electron chi connectivity index (χ1n) is 40.0. The summed E-state index contributed by atoms with van der Waals surface area (Å²) < 4.78 is 68.6. The Labute approximate surface area is 588 Å². The molecule has 0 saturated carbocycles. The number of aliphatic hydroxyl groups excluding tert-OH is 1. The standard InChI is InChI=1S/C77H150O17P2/c1-7-10-12-14-16-18-20-22-23-24-25-26-27-28-30-36-43-49-55-61-76(81)93-72(65-88-75(80)60-54-48-42-35-32-31-33-39-45-51-57-69(4)5)67-91-95(83,84)89-63-71(78)64-90-96(85,86)92-68-73(94-77(82)62-56-50-44-38-37-40-46-52-58-70(6)9-3)66-87-74(79)59-53-47-41-34-29-21-19-17-15-13-11-8-2/h69-73,78H,7-68H2,1-6H3,(H,83,84)(H,85,86)/t70?,71-,72-,73-/m1/s1. The Bertz CT molecular complexity index is 1860. The predicted octanol–water partition coefficient (Wildman–Crippen LogP) is 22.7. The molecule has 0 fully saturated rings. The third-order valence-corrected chi connectivity index (χ3v) is 20.2. The van der Waals surface area contributed by atoms with Crippen LogP contribution in [0.25, 0.3) is 0 Å². The number of unbranched alkanes of at least 4 members (excludes halogenated alkanes) is 45. The van der Waals surface area contributed by atoms with Crippen molar-refractivity contribution in [2.75, 3.05) is 39.6 Å². The highest BCUT2D eigenvalue weighted by Gasteiger charge is 2.30. The molecule has 96 heavy (non-hydrogen) atoms. The Morgan fingerprint density at radius 2 is 0.531 bits per heavy atom. The summed E-state index contributed by atoms with van der Waals surface area (Å²) in [5.41, 5.74) is 0. The van der Waals surface area contributed by atoms with Crippen molar-refractivity contribution in [2.24, 2.45) is 11.8 Å². The molecule has 17 nitrogen and oxygen atoms in total. The molecule has 0 radical (unpaired) electrons. The average molecular weight is 1410 g/mol. The molecule has 570 valence electrons. The van der Waals surface area contributed by atoms with Gasteiger partial charge in [0.15, 0.2) is 12.2 Å². The maximum Gasteiger partial charge on any atom is 0.472 e. The molecule has 0 amide bonds. The fourth-order valence-electron chi connectivity index (χ4n) is 11.8. The highest BCUT2D eigenvalue weighted by molar-refractivity contribution is 7.47. The second-order valence-electron chi connectivity index (χ2n) is 28.5. The molecule has 19 heteroatoms. The number of aliphatic hydroxyl groups is 1. The molecule has 0 aromatic heterocycles. The molecule has 3 unspecified atom stereocenters. The van der Waals surface area contributed by atoms with E-state index < -0.39 is 97.5 Å². The van der Waals surface area contributed by atoms with Crippen LogP contribution in [0.3, 0.4) is 0 Å². The number of phosphoric acid groups is 2. The van der Waals surface area contributed by atoms with Crippen LogP contribution in [-0.4, -0.2) is 96.7 Å². The maximum absolute atomic E-state index is 13.1.